The van der Waals surface area contributed by atoms with Gasteiger partial charge in [-0.05, 0) is 36.8 Å². The molecule has 2 saturated carbocycles. The van der Waals surface area contributed by atoms with E-state index in [0.29, 0.717) is 12.8 Å². The number of hydrogen-bond acceptors (Lipinski definition) is 6. The quantitative estimate of drug-likeness (QED) is 0.343. The Hall–Kier alpha value is -3.96. The predicted molar refractivity (Wildman–Crippen MR) is 137 cm³/mol. The average molecular weight is 612 g/mol. The molecule has 4 amide bonds. The van der Waals surface area contributed by atoms with Crippen LogP contribution < -0.4 is 15.4 Å². The van der Waals surface area contributed by atoms with E-state index in [4.69, 9.17) is 4.74 Å². The molecule has 0 bridgehead atoms. The summed E-state index contributed by atoms with van der Waals surface area (Å²) in [7, 11) is 1.24. The molecule has 2 N–H and O–H groups in total. The van der Waals surface area contributed by atoms with Gasteiger partial charge in [0.05, 0.1) is 18.2 Å². The van der Waals surface area contributed by atoms with E-state index in [1.165, 1.54) is 25.2 Å². The number of alkyl halides is 5. The maximum Gasteiger partial charge on any atom is 0.471 e. The van der Waals surface area contributed by atoms with Gasteiger partial charge in [-0.15, -0.1) is 0 Å². The van der Waals surface area contributed by atoms with Gasteiger partial charge >= 0.3 is 18.1 Å². The minimum absolute atomic E-state index is 0.0240. The lowest BCUT2D eigenvalue weighted by atomic mass is 9.99. The van der Waals surface area contributed by atoms with E-state index < -0.39 is 78.1 Å². The van der Waals surface area contributed by atoms with Gasteiger partial charge in [-0.25, -0.2) is 0 Å². The third-order valence-corrected chi connectivity index (χ3v) is 8.45. The molecule has 5 rings (SSSR count). The van der Waals surface area contributed by atoms with Crippen molar-refractivity contribution in [3.8, 4) is 11.8 Å². The first-order valence-electron chi connectivity index (χ1n) is 14.0. The number of rotatable bonds is 8. The van der Waals surface area contributed by atoms with Crippen LogP contribution in [0.1, 0.15) is 50.5 Å². The van der Waals surface area contributed by atoms with Crippen LogP contribution in [0.25, 0.3) is 0 Å². The van der Waals surface area contributed by atoms with Crippen molar-refractivity contribution in [3.05, 3.63) is 29.8 Å². The number of fused-ring (bicyclic) bond motifs is 1. The summed E-state index contributed by atoms with van der Waals surface area (Å²) in [5.74, 6) is -5.52. The van der Waals surface area contributed by atoms with Gasteiger partial charge in [-0.1, -0.05) is 37.8 Å². The van der Waals surface area contributed by atoms with E-state index in [0.717, 1.165) is 28.7 Å². The number of hydrogen-bond donors (Lipinski definition) is 2. The number of benzene rings is 1. The van der Waals surface area contributed by atoms with Crippen molar-refractivity contribution in [1.82, 2.24) is 20.4 Å². The first kappa shape index (κ1) is 30.5. The van der Waals surface area contributed by atoms with Gasteiger partial charge in [0.25, 0.3) is 5.91 Å². The molecule has 4 atom stereocenters. The Kier molecular flexibility index (Phi) is 7.77. The largest absolute Gasteiger partial charge is 0.475 e. The van der Waals surface area contributed by atoms with Crippen molar-refractivity contribution in [1.29, 1.82) is 5.26 Å². The van der Waals surface area contributed by atoms with Crippen LogP contribution in [0, 0.1) is 23.2 Å². The van der Waals surface area contributed by atoms with Crippen molar-refractivity contribution in [3.63, 3.8) is 0 Å². The molecule has 10 nitrogen and oxygen atoms in total. The van der Waals surface area contributed by atoms with Gasteiger partial charge in [0.15, 0.2) is 0 Å². The highest BCUT2D eigenvalue weighted by atomic mass is 19.4. The van der Waals surface area contributed by atoms with Crippen LogP contribution in [0.5, 0.6) is 5.75 Å². The second-order valence-electron chi connectivity index (χ2n) is 11.8. The van der Waals surface area contributed by atoms with E-state index in [1.54, 1.807) is 10.6 Å². The number of amides is 4. The molecule has 1 spiro atoms. The summed E-state index contributed by atoms with van der Waals surface area (Å²) in [5.41, 5.74) is -2.65. The summed E-state index contributed by atoms with van der Waals surface area (Å²) in [6, 6.07) is -0.870. The minimum atomic E-state index is -5.22. The number of para-hydroxylation sites is 1. The summed E-state index contributed by atoms with van der Waals surface area (Å²) in [6.45, 7) is -0.584. The van der Waals surface area contributed by atoms with Crippen LogP contribution in [-0.2, 0) is 25.2 Å². The summed E-state index contributed by atoms with van der Waals surface area (Å²) in [5, 5.41) is 13.3. The first-order valence-corrected chi connectivity index (χ1v) is 14.0. The van der Waals surface area contributed by atoms with E-state index in [1.807, 2.05) is 6.07 Å². The monoisotopic (exact) mass is 611 g/mol. The van der Waals surface area contributed by atoms with Gasteiger partial charge < -0.3 is 19.9 Å². The summed E-state index contributed by atoms with van der Waals surface area (Å²) in [4.78, 5) is 54.4. The van der Waals surface area contributed by atoms with Crippen LogP contribution in [0.2, 0.25) is 0 Å². The van der Waals surface area contributed by atoms with Crippen molar-refractivity contribution in [2.24, 2.45) is 11.8 Å². The second-order valence-corrected chi connectivity index (χ2v) is 11.8. The number of nitrogens with one attached hydrogen (secondary N) is 2. The normalized spacial score (nSPS) is 25.8. The molecule has 0 radical (unpaired) electrons. The summed E-state index contributed by atoms with van der Waals surface area (Å²) in [6.07, 6.45) is -2.72. The highest BCUT2D eigenvalue weighted by Crippen LogP contribution is 2.43. The molecule has 2 aliphatic carbocycles. The Balaban J connectivity index is 1.41. The zero-order valence-corrected chi connectivity index (χ0v) is 23.1. The lowest BCUT2D eigenvalue weighted by Crippen LogP contribution is -2.58. The summed E-state index contributed by atoms with van der Waals surface area (Å²) >= 11 is 0. The van der Waals surface area contributed by atoms with Crippen molar-refractivity contribution in [2.45, 2.75) is 80.9 Å². The number of likely N-dealkylation sites (N-methyl/N-ethyl adjacent to an activating group) is 1. The van der Waals surface area contributed by atoms with Crippen molar-refractivity contribution < 1.29 is 45.9 Å². The van der Waals surface area contributed by atoms with Gasteiger partial charge in [0.2, 0.25) is 17.4 Å². The topological polar surface area (TPSA) is 132 Å². The van der Waals surface area contributed by atoms with Crippen molar-refractivity contribution in [2.75, 3.05) is 13.6 Å². The molecule has 15 heteroatoms. The molecule has 232 valence electrons. The molecule has 4 aliphatic rings. The molecule has 2 aliphatic heterocycles. The molecular weight excluding hydrogens is 581 g/mol. The van der Waals surface area contributed by atoms with Gasteiger partial charge in [0, 0.05) is 13.5 Å². The zero-order valence-electron chi connectivity index (χ0n) is 23.1. The van der Waals surface area contributed by atoms with Gasteiger partial charge in [-0.2, -0.15) is 27.2 Å². The number of likely N-dealkylation sites (tertiary alicyclic amines) is 1. The van der Waals surface area contributed by atoms with Gasteiger partial charge in [0.1, 0.15) is 23.9 Å². The highest BCUT2D eigenvalue weighted by molar-refractivity contribution is 5.94. The Morgan fingerprint density at radius 2 is 1.79 bits per heavy atom. The smallest absolute Gasteiger partial charge is 0.471 e. The van der Waals surface area contributed by atoms with Crippen LogP contribution in [0.4, 0.5) is 22.0 Å². The number of carbonyl (C=O) groups excluding carboxylic acids is 4. The Bertz CT molecular complexity index is 1360. The summed E-state index contributed by atoms with van der Waals surface area (Å²) < 4.78 is 74.7. The predicted octanol–water partition coefficient (Wildman–Crippen LogP) is 2.58. The first-order chi connectivity index (χ1) is 20.1. The fourth-order valence-electron chi connectivity index (χ4n) is 5.69. The number of halogens is 5. The molecule has 1 saturated heterocycles. The maximum absolute atomic E-state index is 14.9. The molecule has 1 aromatic rings. The van der Waals surface area contributed by atoms with Gasteiger partial charge in [-0.3, -0.25) is 24.5 Å². The van der Waals surface area contributed by atoms with E-state index >= 15 is 0 Å². The van der Waals surface area contributed by atoms with Crippen LogP contribution in [-0.4, -0.2) is 76.9 Å². The van der Waals surface area contributed by atoms with E-state index in [-0.39, 0.29) is 30.4 Å². The van der Waals surface area contributed by atoms with Crippen LogP contribution in [0.3, 0.4) is 0 Å². The molecule has 1 aromatic carbocycles. The molecular formula is C28H30F5N5O5. The van der Waals surface area contributed by atoms with E-state index in [9.17, 15) is 46.4 Å². The Labute approximate surface area is 243 Å². The van der Waals surface area contributed by atoms with Crippen LogP contribution in [0.15, 0.2) is 24.3 Å². The SMILES string of the molecule is CN(C(=O)[C@H](CC1CC1)NC(=O)C(F)(F)F)[C@@H](CC1CC1)C(=O)N1C[C@@]2(C[C@H]1C#N)Oc1ccccc1C(F)(F)NC2=O. The number of ether oxygens (including phenoxy) is 1. The molecule has 0 aromatic heterocycles. The maximum atomic E-state index is 14.9. The number of nitriles is 1. The lowest BCUT2D eigenvalue weighted by Gasteiger charge is -2.34. The molecule has 3 fully saturated rings. The zero-order chi connectivity index (χ0) is 31.3. The number of carbonyl (C=O) groups is 4. The van der Waals surface area contributed by atoms with Crippen LogP contribution >= 0.6 is 0 Å². The Morgan fingerprint density at radius 1 is 1.16 bits per heavy atom. The fourth-order valence-corrected chi connectivity index (χ4v) is 5.69. The average Bonchev–Trinajstić information content (AvgIpc) is 3.88. The highest BCUT2D eigenvalue weighted by Gasteiger charge is 2.59. The molecule has 0 unspecified atom stereocenters. The molecule has 2 heterocycles. The van der Waals surface area contributed by atoms with Crippen molar-refractivity contribution >= 4 is 23.6 Å². The minimum Gasteiger partial charge on any atom is -0.475 e. The van der Waals surface area contributed by atoms with E-state index in [2.05, 4.69) is 0 Å². The Morgan fingerprint density at radius 3 is 2.40 bits per heavy atom. The third-order valence-electron chi connectivity index (χ3n) is 8.45. The lowest BCUT2D eigenvalue weighted by molar-refractivity contribution is -0.175. The fraction of sp³-hybridized carbons (Fsp3) is 0.607. The molecule has 43 heavy (non-hydrogen) atoms. The standard InChI is InChI=1S/C28H30F5N5O5/c1-37(22(39)19(10-15-6-7-15)35-25(42)27(29,30)31)20(11-16-8-9-16)23(40)38-14-26(12-17(38)13-34)24(41)36-28(32,33)18-4-2-3-5-21(18)43-26/h2-5,15-17,19-20H,6-12,14H2,1H3,(H,35,42)(H,36,41)/t17-,19-,20-,26+/m0/s1. The number of nitrogens with zero attached hydrogens (tertiary/aromatic N) is 3. The third kappa shape index (κ3) is 6.23. The second kappa shape index (κ2) is 10.9.